The molecule has 5 nitrogen and oxygen atoms in total. The molecule has 2 atom stereocenters. The maximum absolute atomic E-state index is 12.4. The molecule has 1 aromatic carbocycles. The molecule has 0 saturated carbocycles. The topological polar surface area (TPSA) is 65.0 Å². The van der Waals surface area contributed by atoms with Crippen molar-refractivity contribution in [3.05, 3.63) is 29.3 Å². The number of carbonyl (C=O) groups is 1. The van der Waals surface area contributed by atoms with E-state index in [2.05, 4.69) is 0 Å². The standard InChI is InChI=1S/C16H20O5/c1-15(2)13-8-7-11-10(5-4-6-12(11)19-3)9-16(15,21-18)14(17)20-13/h4-6,13,18H,7-9H2,1-3H3/t13-,16+/m1/s1. The molecule has 0 aromatic heterocycles. The van der Waals surface area contributed by atoms with Crippen LogP contribution in [0.2, 0.25) is 0 Å². The van der Waals surface area contributed by atoms with Crippen LogP contribution in [0.25, 0.3) is 0 Å². The van der Waals surface area contributed by atoms with Crippen molar-refractivity contribution in [2.24, 2.45) is 5.41 Å². The van der Waals surface area contributed by atoms with Crippen LogP contribution in [0, 0.1) is 5.41 Å². The van der Waals surface area contributed by atoms with E-state index < -0.39 is 17.0 Å². The summed E-state index contributed by atoms with van der Waals surface area (Å²) in [6.07, 6.45) is 1.44. The molecule has 2 aliphatic rings. The first-order chi connectivity index (χ1) is 9.96. The predicted molar refractivity (Wildman–Crippen MR) is 75.1 cm³/mol. The smallest absolute Gasteiger partial charge is 0.343 e. The lowest BCUT2D eigenvalue weighted by molar-refractivity contribution is -0.332. The molecule has 0 spiro atoms. The maximum atomic E-state index is 12.4. The minimum absolute atomic E-state index is 0.276. The van der Waals surface area contributed by atoms with Crippen LogP contribution in [0.4, 0.5) is 0 Å². The third-order valence-corrected chi connectivity index (χ3v) is 5.13. The second-order valence-corrected chi connectivity index (χ2v) is 6.35. The van der Waals surface area contributed by atoms with E-state index in [4.69, 9.17) is 14.4 Å². The predicted octanol–water partition coefficient (Wildman–Crippen LogP) is 2.36. The largest absolute Gasteiger partial charge is 0.496 e. The van der Waals surface area contributed by atoms with Crippen LogP contribution in [0.15, 0.2) is 18.2 Å². The average Bonchev–Trinajstić information content (AvgIpc) is 2.68. The molecule has 1 aliphatic carbocycles. The third kappa shape index (κ3) is 1.80. The lowest BCUT2D eigenvalue weighted by atomic mass is 9.67. The molecule has 5 heteroatoms. The highest BCUT2D eigenvalue weighted by molar-refractivity contribution is 5.84. The van der Waals surface area contributed by atoms with Gasteiger partial charge < -0.3 is 9.47 Å². The second kappa shape index (κ2) is 4.71. The van der Waals surface area contributed by atoms with Gasteiger partial charge in [0, 0.05) is 11.8 Å². The molecule has 0 amide bonds. The highest BCUT2D eigenvalue weighted by Gasteiger charge is 2.65. The molecule has 1 heterocycles. The number of carbonyl (C=O) groups excluding carboxylic acids is 1. The van der Waals surface area contributed by atoms with Crippen LogP contribution in [0.3, 0.4) is 0 Å². The highest BCUT2D eigenvalue weighted by Crippen LogP contribution is 2.50. The first kappa shape index (κ1) is 14.4. The first-order valence-electron chi connectivity index (χ1n) is 7.14. The SMILES string of the molecule is COc1cccc2c1CC[C@H]1OC(=O)[C@@](OO)(C2)C1(C)C. The summed E-state index contributed by atoms with van der Waals surface area (Å²) in [6.45, 7) is 3.81. The first-order valence-corrected chi connectivity index (χ1v) is 7.14. The Labute approximate surface area is 123 Å². The van der Waals surface area contributed by atoms with Gasteiger partial charge in [0.15, 0.2) is 0 Å². The minimum atomic E-state index is -1.36. The van der Waals surface area contributed by atoms with Crippen LogP contribution in [0.1, 0.15) is 31.4 Å². The van der Waals surface area contributed by atoms with E-state index in [0.717, 1.165) is 23.3 Å². The van der Waals surface area contributed by atoms with Gasteiger partial charge in [-0.1, -0.05) is 26.0 Å². The summed E-state index contributed by atoms with van der Waals surface area (Å²) in [6, 6.07) is 5.73. The van der Waals surface area contributed by atoms with Gasteiger partial charge in [0.25, 0.3) is 0 Å². The quantitative estimate of drug-likeness (QED) is 0.515. The van der Waals surface area contributed by atoms with Crippen molar-refractivity contribution < 1.29 is 24.4 Å². The van der Waals surface area contributed by atoms with Gasteiger partial charge in [0.05, 0.1) is 7.11 Å². The molecule has 21 heavy (non-hydrogen) atoms. The zero-order valence-corrected chi connectivity index (χ0v) is 12.5. The number of hydrogen-bond donors (Lipinski definition) is 1. The zero-order chi connectivity index (χ0) is 15.3. The Morgan fingerprint density at radius 3 is 2.81 bits per heavy atom. The minimum Gasteiger partial charge on any atom is -0.496 e. The number of rotatable bonds is 2. The van der Waals surface area contributed by atoms with Crippen LogP contribution in [-0.4, -0.2) is 30.0 Å². The molecule has 1 aliphatic heterocycles. The summed E-state index contributed by atoms with van der Waals surface area (Å²) in [5.41, 5.74) is 0.0488. The fourth-order valence-corrected chi connectivity index (χ4v) is 3.60. The average molecular weight is 292 g/mol. The van der Waals surface area contributed by atoms with Gasteiger partial charge >= 0.3 is 5.97 Å². The number of fused-ring (bicyclic) bond motifs is 3. The normalized spacial score (nSPS) is 30.1. The van der Waals surface area contributed by atoms with Crippen LogP contribution >= 0.6 is 0 Å². The fraction of sp³-hybridized carbons (Fsp3) is 0.562. The van der Waals surface area contributed by atoms with Crippen molar-refractivity contribution >= 4 is 5.97 Å². The molecule has 1 aromatic rings. The summed E-state index contributed by atoms with van der Waals surface area (Å²) in [5, 5.41) is 9.51. The van der Waals surface area contributed by atoms with Crippen LogP contribution in [-0.2, 0) is 27.3 Å². The maximum Gasteiger partial charge on any atom is 0.343 e. The Hall–Kier alpha value is -1.59. The van der Waals surface area contributed by atoms with E-state index in [0.29, 0.717) is 6.42 Å². The van der Waals surface area contributed by atoms with E-state index in [1.165, 1.54) is 0 Å². The van der Waals surface area contributed by atoms with E-state index in [1.54, 1.807) is 7.11 Å². The monoisotopic (exact) mass is 292 g/mol. The molecule has 1 N–H and O–H groups in total. The number of hydrogen-bond acceptors (Lipinski definition) is 5. The molecule has 0 unspecified atom stereocenters. The highest BCUT2D eigenvalue weighted by atomic mass is 17.1. The molecule has 1 fully saturated rings. The van der Waals surface area contributed by atoms with Crippen molar-refractivity contribution in [3.63, 3.8) is 0 Å². The van der Waals surface area contributed by atoms with E-state index >= 15 is 0 Å². The summed E-state index contributed by atoms with van der Waals surface area (Å²) in [5.74, 6) is 0.308. The Morgan fingerprint density at radius 1 is 1.38 bits per heavy atom. The second-order valence-electron chi connectivity index (χ2n) is 6.35. The molecule has 0 radical (unpaired) electrons. The molecule has 1 saturated heterocycles. The molecule has 3 rings (SSSR count). The molecular formula is C16H20O5. The van der Waals surface area contributed by atoms with Crippen molar-refractivity contribution in [3.8, 4) is 5.75 Å². The molecule has 114 valence electrons. The Balaban J connectivity index is 2.16. The van der Waals surface area contributed by atoms with Crippen molar-refractivity contribution in [1.82, 2.24) is 0 Å². The zero-order valence-electron chi connectivity index (χ0n) is 12.5. The Bertz CT molecular complexity index is 580. The molecular weight excluding hydrogens is 272 g/mol. The summed E-state index contributed by atoms with van der Waals surface area (Å²) >= 11 is 0. The van der Waals surface area contributed by atoms with E-state index in [9.17, 15) is 10.1 Å². The Morgan fingerprint density at radius 2 is 2.14 bits per heavy atom. The lowest BCUT2D eigenvalue weighted by Gasteiger charge is -2.38. The van der Waals surface area contributed by atoms with Gasteiger partial charge in [-0.05, 0) is 30.0 Å². The number of ether oxygens (including phenoxy) is 2. The molecule has 2 bridgehead atoms. The van der Waals surface area contributed by atoms with Crippen molar-refractivity contribution in [1.29, 1.82) is 0 Å². The third-order valence-electron chi connectivity index (χ3n) is 5.13. The van der Waals surface area contributed by atoms with Gasteiger partial charge in [0.2, 0.25) is 5.60 Å². The summed E-state index contributed by atoms with van der Waals surface area (Å²) < 4.78 is 10.9. The van der Waals surface area contributed by atoms with Gasteiger partial charge in [-0.15, -0.1) is 0 Å². The van der Waals surface area contributed by atoms with Gasteiger partial charge in [-0.2, -0.15) is 0 Å². The van der Waals surface area contributed by atoms with Crippen molar-refractivity contribution in [2.45, 2.75) is 44.8 Å². The lowest BCUT2D eigenvalue weighted by Crippen LogP contribution is -2.52. The number of methoxy groups -OCH3 is 1. The Kier molecular flexibility index (Phi) is 3.22. The van der Waals surface area contributed by atoms with Crippen LogP contribution < -0.4 is 4.74 Å². The van der Waals surface area contributed by atoms with E-state index in [-0.39, 0.29) is 12.5 Å². The van der Waals surface area contributed by atoms with E-state index in [1.807, 2.05) is 32.0 Å². The van der Waals surface area contributed by atoms with Gasteiger partial charge in [0.1, 0.15) is 11.9 Å². The van der Waals surface area contributed by atoms with Gasteiger partial charge in [-0.25, -0.2) is 9.68 Å². The van der Waals surface area contributed by atoms with Crippen molar-refractivity contribution in [2.75, 3.05) is 7.11 Å². The summed E-state index contributed by atoms with van der Waals surface area (Å²) in [4.78, 5) is 17.1. The fourth-order valence-electron chi connectivity index (χ4n) is 3.60. The van der Waals surface area contributed by atoms with Gasteiger partial charge in [-0.3, -0.25) is 5.26 Å². The number of esters is 1. The van der Waals surface area contributed by atoms with Crippen LogP contribution in [0.5, 0.6) is 5.75 Å². The summed E-state index contributed by atoms with van der Waals surface area (Å²) in [7, 11) is 1.63. The number of benzene rings is 1.